The molecule has 0 bridgehead atoms. The first-order valence-corrected chi connectivity index (χ1v) is 5.84. The van der Waals surface area contributed by atoms with E-state index in [9.17, 15) is 0 Å². The summed E-state index contributed by atoms with van der Waals surface area (Å²) in [5, 5.41) is 0. The molecule has 7 heteroatoms. The molecule has 110 valence electrons. The van der Waals surface area contributed by atoms with Crippen molar-refractivity contribution in [1.82, 2.24) is 0 Å². The first-order chi connectivity index (χ1) is 8.85. The van der Waals surface area contributed by atoms with Crippen LogP contribution in [0.1, 0.15) is 6.92 Å². The summed E-state index contributed by atoms with van der Waals surface area (Å²) >= 11 is 0. The number of hydrogen-bond donors (Lipinski definition) is 0. The van der Waals surface area contributed by atoms with E-state index in [1.165, 1.54) is 0 Å². The van der Waals surface area contributed by atoms with Crippen LogP contribution in [0.3, 0.4) is 0 Å². The highest BCUT2D eigenvalue weighted by molar-refractivity contribution is 4.51. The van der Waals surface area contributed by atoms with Crippen LogP contribution in [0.4, 0.5) is 0 Å². The molecular formula is C11H24O7. The van der Waals surface area contributed by atoms with Gasteiger partial charge < -0.3 is 23.7 Å². The Balaban J connectivity index is 3.60. The summed E-state index contributed by atoms with van der Waals surface area (Å²) in [4.78, 5) is 10.1. The zero-order valence-electron chi connectivity index (χ0n) is 11.4. The van der Waals surface area contributed by atoms with Gasteiger partial charge >= 0.3 is 0 Å². The SMILES string of the molecule is CCOCCOOC(COCOC)COCOC. The average molecular weight is 268 g/mol. The third-order valence-electron chi connectivity index (χ3n) is 1.73. The van der Waals surface area contributed by atoms with Gasteiger partial charge in [-0.05, 0) is 6.92 Å². The molecule has 0 rings (SSSR count). The monoisotopic (exact) mass is 268 g/mol. The van der Waals surface area contributed by atoms with Gasteiger partial charge in [-0.2, -0.15) is 0 Å². The Morgan fingerprint density at radius 2 is 1.44 bits per heavy atom. The van der Waals surface area contributed by atoms with Gasteiger partial charge in [-0.15, -0.1) is 0 Å². The fourth-order valence-electron chi connectivity index (χ4n) is 1.01. The summed E-state index contributed by atoms with van der Waals surface area (Å²) in [6.45, 7) is 4.44. The molecular weight excluding hydrogens is 244 g/mol. The van der Waals surface area contributed by atoms with Crippen molar-refractivity contribution in [2.24, 2.45) is 0 Å². The van der Waals surface area contributed by atoms with E-state index >= 15 is 0 Å². The smallest absolute Gasteiger partial charge is 0.146 e. The Kier molecular flexibility index (Phi) is 14.5. The van der Waals surface area contributed by atoms with E-state index in [4.69, 9.17) is 33.5 Å². The van der Waals surface area contributed by atoms with Gasteiger partial charge in [0.1, 0.15) is 26.3 Å². The van der Waals surface area contributed by atoms with E-state index < -0.39 is 0 Å². The van der Waals surface area contributed by atoms with Gasteiger partial charge in [-0.25, -0.2) is 9.78 Å². The predicted octanol–water partition coefficient (Wildman–Crippen LogP) is 0.581. The molecule has 0 aromatic rings. The van der Waals surface area contributed by atoms with E-state index in [2.05, 4.69) is 0 Å². The molecule has 0 aromatic carbocycles. The molecule has 0 atom stereocenters. The van der Waals surface area contributed by atoms with E-state index in [0.717, 1.165) is 0 Å². The van der Waals surface area contributed by atoms with Crippen molar-refractivity contribution in [3.05, 3.63) is 0 Å². The minimum Gasteiger partial charge on any atom is -0.379 e. The summed E-state index contributed by atoms with van der Waals surface area (Å²) in [7, 11) is 3.10. The Hall–Kier alpha value is -0.280. The molecule has 0 fully saturated rings. The molecule has 0 heterocycles. The number of rotatable bonds is 14. The standard InChI is InChI=1S/C11H24O7/c1-4-14-5-6-17-18-11(7-15-9-12-2)8-16-10-13-3/h11H,4-10H2,1-3H3. The van der Waals surface area contributed by atoms with Crippen molar-refractivity contribution < 1.29 is 33.5 Å². The number of ether oxygens (including phenoxy) is 5. The zero-order chi connectivity index (χ0) is 13.5. The third-order valence-corrected chi connectivity index (χ3v) is 1.73. The first-order valence-electron chi connectivity index (χ1n) is 5.84. The van der Waals surface area contributed by atoms with Gasteiger partial charge in [0.25, 0.3) is 0 Å². The predicted molar refractivity (Wildman–Crippen MR) is 63.0 cm³/mol. The molecule has 0 aromatic heterocycles. The molecule has 0 saturated carbocycles. The quantitative estimate of drug-likeness (QED) is 0.198. The van der Waals surface area contributed by atoms with Crippen LogP contribution in [0.5, 0.6) is 0 Å². The van der Waals surface area contributed by atoms with Gasteiger partial charge in [-0.3, -0.25) is 0 Å². The molecule has 0 spiro atoms. The summed E-state index contributed by atoms with van der Waals surface area (Å²) in [5.41, 5.74) is 0. The average Bonchev–Trinajstić information content (AvgIpc) is 2.38. The minimum absolute atomic E-state index is 0.198. The lowest BCUT2D eigenvalue weighted by atomic mass is 10.4. The fraction of sp³-hybridized carbons (Fsp3) is 1.00. The summed E-state index contributed by atoms with van der Waals surface area (Å²) < 4.78 is 25.0. The molecule has 0 N–H and O–H groups in total. The van der Waals surface area contributed by atoms with Crippen LogP contribution in [0.15, 0.2) is 0 Å². The number of methoxy groups -OCH3 is 2. The summed E-state index contributed by atoms with van der Waals surface area (Å²) in [6, 6.07) is 0. The van der Waals surface area contributed by atoms with Gasteiger partial charge in [0.2, 0.25) is 0 Å². The molecule has 0 unspecified atom stereocenters. The maximum absolute atomic E-state index is 5.17. The normalized spacial score (nSPS) is 11.3. The molecule has 0 aliphatic rings. The van der Waals surface area contributed by atoms with E-state index in [1.807, 2.05) is 6.92 Å². The van der Waals surface area contributed by atoms with Gasteiger partial charge in [0.15, 0.2) is 0 Å². The Bertz CT molecular complexity index is 146. The van der Waals surface area contributed by atoms with Gasteiger partial charge in [0.05, 0.1) is 19.8 Å². The van der Waals surface area contributed by atoms with Crippen LogP contribution in [-0.2, 0) is 33.5 Å². The van der Waals surface area contributed by atoms with E-state index in [1.54, 1.807) is 14.2 Å². The van der Waals surface area contributed by atoms with Crippen molar-refractivity contribution in [2.75, 3.05) is 60.8 Å². The lowest BCUT2D eigenvalue weighted by molar-refractivity contribution is -0.343. The molecule has 0 amide bonds. The largest absolute Gasteiger partial charge is 0.379 e. The highest BCUT2D eigenvalue weighted by Gasteiger charge is 2.11. The van der Waals surface area contributed by atoms with Crippen LogP contribution in [0.2, 0.25) is 0 Å². The Morgan fingerprint density at radius 1 is 0.833 bits per heavy atom. The summed E-state index contributed by atoms with van der Waals surface area (Å²) in [6.07, 6.45) is -0.336. The van der Waals surface area contributed by atoms with Crippen molar-refractivity contribution in [3.63, 3.8) is 0 Å². The molecule has 18 heavy (non-hydrogen) atoms. The van der Waals surface area contributed by atoms with Crippen LogP contribution >= 0.6 is 0 Å². The maximum Gasteiger partial charge on any atom is 0.146 e. The molecule has 0 aliphatic heterocycles. The highest BCUT2D eigenvalue weighted by Crippen LogP contribution is 1.97. The topological polar surface area (TPSA) is 64.6 Å². The van der Waals surface area contributed by atoms with Crippen LogP contribution in [-0.4, -0.2) is 66.9 Å². The van der Waals surface area contributed by atoms with Gasteiger partial charge in [0, 0.05) is 20.8 Å². The molecule has 0 saturated heterocycles. The Morgan fingerprint density at radius 3 is 1.94 bits per heavy atom. The van der Waals surface area contributed by atoms with Crippen LogP contribution in [0, 0.1) is 0 Å². The van der Waals surface area contributed by atoms with E-state index in [0.29, 0.717) is 33.0 Å². The van der Waals surface area contributed by atoms with Crippen LogP contribution < -0.4 is 0 Å². The lowest BCUT2D eigenvalue weighted by Crippen LogP contribution is -2.27. The zero-order valence-corrected chi connectivity index (χ0v) is 11.4. The van der Waals surface area contributed by atoms with Crippen molar-refractivity contribution in [1.29, 1.82) is 0 Å². The Labute approximate surface area is 108 Å². The second-order valence-corrected chi connectivity index (χ2v) is 3.29. The second-order valence-electron chi connectivity index (χ2n) is 3.29. The molecule has 0 radical (unpaired) electrons. The molecule has 0 aliphatic carbocycles. The van der Waals surface area contributed by atoms with Crippen molar-refractivity contribution in [3.8, 4) is 0 Å². The lowest BCUT2D eigenvalue weighted by Gasteiger charge is -2.16. The van der Waals surface area contributed by atoms with Crippen molar-refractivity contribution >= 4 is 0 Å². The minimum atomic E-state index is -0.336. The van der Waals surface area contributed by atoms with Crippen LogP contribution in [0.25, 0.3) is 0 Å². The highest BCUT2D eigenvalue weighted by atomic mass is 17.2. The number of hydrogen-bond acceptors (Lipinski definition) is 7. The fourth-order valence-corrected chi connectivity index (χ4v) is 1.01. The van der Waals surface area contributed by atoms with E-state index in [-0.39, 0.29) is 19.7 Å². The maximum atomic E-state index is 5.17. The first kappa shape index (κ1) is 17.7. The van der Waals surface area contributed by atoms with Crippen molar-refractivity contribution in [2.45, 2.75) is 13.0 Å². The van der Waals surface area contributed by atoms with Gasteiger partial charge in [-0.1, -0.05) is 0 Å². The second kappa shape index (κ2) is 14.8. The third kappa shape index (κ3) is 12.2. The molecule has 7 nitrogen and oxygen atoms in total. The summed E-state index contributed by atoms with van der Waals surface area (Å²) in [5.74, 6) is 0.